The summed E-state index contributed by atoms with van der Waals surface area (Å²) in [5.41, 5.74) is -0.672. The smallest absolute Gasteiger partial charge is 0.410 e. The third-order valence-corrected chi connectivity index (χ3v) is 5.15. The van der Waals surface area contributed by atoms with Crippen LogP contribution in [0.2, 0.25) is 0 Å². The number of amides is 1. The summed E-state index contributed by atoms with van der Waals surface area (Å²) in [5.74, 6) is 0. The van der Waals surface area contributed by atoms with Crippen LogP contribution in [0.1, 0.15) is 33.6 Å². The number of ether oxygens (including phenoxy) is 1. The van der Waals surface area contributed by atoms with Gasteiger partial charge in [0.25, 0.3) is 9.24 Å². The largest absolute Gasteiger partial charge is 0.444 e. The first-order chi connectivity index (χ1) is 9.01. The van der Waals surface area contributed by atoms with Crippen LogP contribution in [0.15, 0.2) is 0 Å². The summed E-state index contributed by atoms with van der Waals surface area (Å²) in [6.45, 7) is 7.38. The first kappa shape index (κ1) is 15.9. The van der Waals surface area contributed by atoms with E-state index in [1.165, 1.54) is 4.31 Å². The van der Waals surface area contributed by atoms with E-state index in [9.17, 15) is 13.2 Å². The molecule has 0 unspecified atom stereocenters. The number of piperidine rings is 1. The molecule has 2 rings (SSSR count). The molecule has 0 aromatic carbocycles. The summed E-state index contributed by atoms with van der Waals surface area (Å²) >= 11 is 0. The Morgan fingerprint density at radius 3 is 2.35 bits per heavy atom. The predicted octanol–water partition coefficient (Wildman–Crippen LogP) is 1.80. The van der Waals surface area contributed by atoms with Gasteiger partial charge in [-0.3, -0.25) is 0 Å². The lowest BCUT2D eigenvalue weighted by Gasteiger charge is -2.53. The molecule has 2 saturated heterocycles. The first-order valence-corrected chi connectivity index (χ1v) is 8.95. The van der Waals surface area contributed by atoms with Gasteiger partial charge in [0.1, 0.15) is 5.60 Å². The van der Waals surface area contributed by atoms with Crippen molar-refractivity contribution in [3.05, 3.63) is 0 Å². The van der Waals surface area contributed by atoms with Crippen LogP contribution in [0.3, 0.4) is 0 Å². The molecule has 8 heteroatoms. The monoisotopic (exact) mass is 324 g/mol. The van der Waals surface area contributed by atoms with Crippen LogP contribution < -0.4 is 0 Å². The minimum absolute atomic E-state index is 0.156. The summed E-state index contributed by atoms with van der Waals surface area (Å²) in [5, 5.41) is 0. The van der Waals surface area contributed by atoms with Crippen molar-refractivity contribution in [3.8, 4) is 0 Å². The molecule has 2 aliphatic heterocycles. The summed E-state index contributed by atoms with van der Waals surface area (Å²) in [6, 6.07) is 0. The second kappa shape index (κ2) is 5.03. The van der Waals surface area contributed by atoms with Gasteiger partial charge in [0.05, 0.1) is 0 Å². The van der Waals surface area contributed by atoms with E-state index in [1.807, 2.05) is 20.8 Å². The highest BCUT2D eigenvalue weighted by Crippen LogP contribution is 2.40. The lowest BCUT2D eigenvalue weighted by atomic mass is 9.74. The Morgan fingerprint density at radius 1 is 1.25 bits per heavy atom. The first-order valence-electron chi connectivity index (χ1n) is 6.69. The highest BCUT2D eigenvalue weighted by Gasteiger charge is 2.50. The molecular formula is C12H21ClN2O4S. The molecule has 0 atom stereocenters. The van der Waals surface area contributed by atoms with Crippen molar-refractivity contribution in [1.29, 1.82) is 0 Å². The molecule has 1 amide bonds. The number of hydrogen-bond donors (Lipinski definition) is 0. The Morgan fingerprint density at radius 2 is 1.85 bits per heavy atom. The van der Waals surface area contributed by atoms with Gasteiger partial charge < -0.3 is 9.64 Å². The van der Waals surface area contributed by atoms with E-state index in [-0.39, 0.29) is 11.5 Å². The zero-order chi connectivity index (χ0) is 15.2. The molecule has 0 bridgehead atoms. The van der Waals surface area contributed by atoms with Gasteiger partial charge in [0.2, 0.25) is 0 Å². The van der Waals surface area contributed by atoms with Crippen LogP contribution in [0.5, 0.6) is 0 Å². The average molecular weight is 325 g/mol. The summed E-state index contributed by atoms with van der Waals surface area (Å²) < 4.78 is 29.4. The number of carbonyl (C=O) groups is 1. The zero-order valence-corrected chi connectivity index (χ0v) is 13.6. The summed E-state index contributed by atoms with van der Waals surface area (Å²) in [4.78, 5) is 13.5. The number of halogens is 1. The third kappa shape index (κ3) is 3.56. The molecule has 0 aliphatic carbocycles. The minimum atomic E-state index is -3.67. The van der Waals surface area contributed by atoms with Crippen molar-refractivity contribution in [2.75, 3.05) is 26.2 Å². The Balaban J connectivity index is 1.93. The van der Waals surface area contributed by atoms with Crippen LogP contribution in [-0.2, 0) is 14.0 Å². The van der Waals surface area contributed by atoms with Crippen molar-refractivity contribution < 1.29 is 17.9 Å². The normalized spacial score (nSPS) is 23.5. The maximum absolute atomic E-state index is 11.9. The molecule has 0 saturated carbocycles. The lowest BCUT2D eigenvalue weighted by molar-refractivity contribution is -0.0526. The van der Waals surface area contributed by atoms with Crippen LogP contribution in [0.25, 0.3) is 0 Å². The van der Waals surface area contributed by atoms with Gasteiger partial charge in [-0.25, -0.2) is 4.79 Å². The fourth-order valence-electron chi connectivity index (χ4n) is 2.83. The zero-order valence-electron chi connectivity index (χ0n) is 12.1. The Bertz CT molecular complexity index is 494. The Kier molecular flexibility index (Phi) is 3.99. The molecule has 0 N–H and O–H groups in total. The number of rotatable bonds is 1. The van der Waals surface area contributed by atoms with Gasteiger partial charge in [0.15, 0.2) is 0 Å². The number of hydrogen-bond acceptors (Lipinski definition) is 4. The van der Waals surface area contributed by atoms with Gasteiger partial charge in [0, 0.05) is 42.3 Å². The molecule has 0 aromatic heterocycles. The fraction of sp³-hybridized carbons (Fsp3) is 0.917. The van der Waals surface area contributed by atoms with Gasteiger partial charge >= 0.3 is 6.09 Å². The number of likely N-dealkylation sites (tertiary alicyclic amines) is 1. The van der Waals surface area contributed by atoms with Crippen molar-refractivity contribution in [3.63, 3.8) is 0 Å². The molecular weight excluding hydrogens is 304 g/mol. The maximum Gasteiger partial charge on any atom is 0.410 e. The minimum Gasteiger partial charge on any atom is -0.444 e. The van der Waals surface area contributed by atoms with Crippen molar-refractivity contribution >= 4 is 26.0 Å². The third-order valence-electron chi connectivity index (χ3n) is 3.64. The van der Waals surface area contributed by atoms with E-state index < -0.39 is 14.8 Å². The quantitative estimate of drug-likeness (QED) is 0.690. The second-order valence-corrected chi connectivity index (χ2v) is 9.23. The van der Waals surface area contributed by atoms with Crippen molar-refractivity contribution in [2.45, 2.75) is 39.2 Å². The summed E-state index contributed by atoms with van der Waals surface area (Å²) in [6.07, 6.45) is 1.34. The van der Waals surface area contributed by atoms with E-state index in [0.717, 1.165) is 12.8 Å². The van der Waals surface area contributed by atoms with Crippen molar-refractivity contribution in [1.82, 2.24) is 9.21 Å². The van der Waals surface area contributed by atoms with Gasteiger partial charge in [-0.15, -0.1) is 0 Å². The fourth-order valence-corrected chi connectivity index (χ4v) is 3.95. The molecule has 116 valence electrons. The molecule has 6 nitrogen and oxygen atoms in total. The van der Waals surface area contributed by atoms with Crippen LogP contribution in [-0.4, -0.2) is 55.5 Å². The Hall–Kier alpha value is -0.530. The van der Waals surface area contributed by atoms with Gasteiger partial charge in [-0.05, 0) is 33.6 Å². The average Bonchev–Trinajstić information content (AvgIpc) is 2.22. The molecule has 20 heavy (non-hydrogen) atoms. The molecule has 2 fully saturated rings. The van der Waals surface area contributed by atoms with E-state index in [1.54, 1.807) is 4.90 Å². The molecule has 2 aliphatic rings. The number of carbonyl (C=O) groups excluding carboxylic acids is 1. The maximum atomic E-state index is 11.9. The van der Waals surface area contributed by atoms with Gasteiger partial charge in [-0.2, -0.15) is 12.7 Å². The SMILES string of the molecule is CC(C)(C)OC(=O)N1CC2(CCCN(S(=O)(=O)Cl)C2)C1. The topological polar surface area (TPSA) is 66.9 Å². The summed E-state index contributed by atoms with van der Waals surface area (Å²) in [7, 11) is 1.73. The molecule has 1 spiro atoms. The van der Waals surface area contributed by atoms with E-state index in [4.69, 9.17) is 15.4 Å². The predicted molar refractivity (Wildman–Crippen MR) is 75.8 cm³/mol. The van der Waals surface area contributed by atoms with Crippen molar-refractivity contribution in [2.24, 2.45) is 5.41 Å². The van der Waals surface area contributed by atoms with E-state index in [2.05, 4.69) is 0 Å². The molecule has 0 radical (unpaired) electrons. The molecule has 2 heterocycles. The van der Waals surface area contributed by atoms with E-state index >= 15 is 0 Å². The highest BCUT2D eigenvalue weighted by atomic mass is 35.7. The van der Waals surface area contributed by atoms with Gasteiger partial charge in [-0.1, -0.05) is 0 Å². The second-order valence-electron chi connectivity index (χ2n) is 6.72. The standard InChI is InChI=1S/C12H21ClN2O4S/c1-11(2,3)19-10(16)14-7-12(8-14)5-4-6-15(9-12)20(13,17)18/h4-9H2,1-3H3. The van der Waals surface area contributed by atoms with Crippen LogP contribution in [0, 0.1) is 5.41 Å². The Labute approximate surface area is 124 Å². The van der Waals surface area contributed by atoms with E-state index in [0.29, 0.717) is 26.2 Å². The van der Waals surface area contributed by atoms with Crippen LogP contribution in [0.4, 0.5) is 4.79 Å². The molecule has 0 aromatic rings. The van der Waals surface area contributed by atoms with Crippen LogP contribution >= 0.6 is 10.7 Å². The lowest BCUT2D eigenvalue weighted by Crippen LogP contribution is -2.64. The number of nitrogens with zero attached hydrogens (tertiary/aromatic N) is 2. The highest BCUT2D eigenvalue weighted by molar-refractivity contribution is 8.11.